The molecule has 0 bridgehead atoms. The summed E-state index contributed by atoms with van der Waals surface area (Å²) in [6.45, 7) is 2.12. The van der Waals surface area contributed by atoms with Crippen LogP contribution in [-0.2, 0) is 0 Å². The predicted molar refractivity (Wildman–Crippen MR) is 59.7 cm³/mol. The van der Waals surface area contributed by atoms with E-state index in [4.69, 9.17) is 10.5 Å². The van der Waals surface area contributed by atoms with Crippen LogP contribution in [0.2, 0.25) is 0 Å². The van der Waals surface area contributed by atoms with Gasteiger partial charge in [0, 0.05) is 18.0 Å². The van der Waals surface area contributed by atoms with Crippen molar-refractivity contribution in [3.8, 4) is 5.75 Å². The minimum Gasteiger partial charge on any atom is -0.487 e. The summed E-state index contributed by atoms with van der Waals surface area (Å²) in [7, 11) is 0. The number of rotatable bonds is 1. The van der Waals surface area contributed by atoms with Crippen LogP contribution in [0, 0.1) is 11.7 Å². The zero-order valence-electron chi connectivity index (χ0n) is 9.37. The molecular formula is C13H16FNO. The molecule has 3 heteroatoms. The first-order valence-corrected chi connectivity index (χ1v) is 5.82. The molecule has 2 aliphatic rings. The van der Waals surface area contributed by atoms with Gasteiger partial charge < -0.3 is 10.5 Å². The fourth-order valence-electron chi connectivity index (χ4n) is 2.69. The Kier molecular flexibility index (Phi) is 2.02. The second kappa shape index (κ2) is 3.20. The van der Waals surface area contributed by atoms with Gasteiger partial charge in [0.05, 0.1) is 0 Å². The maximum absolute atomic E-state index is 13.1. The first-order valence-electron chi connectivity index (χ1n) is 5.82. The first-order chi connectivity index (χ1) is 7.58. The standard InChI is InChI=1S/C13H16FNO/c1-13(8-2-3-8)7-11(15)10-6-9(14)4-5-12(10)16-13/h4-6,8,11H,2-3,7,15H2,1H3/t11-,13?/m0/s1. The molecule has 0 radical (unpaired) electrons. The van der Waals surface area contributed by atoms with Crippen LogP contribution >= 0.6 is 0 Å². The topological polar surface area (TPSA) is 35.2 Å². The molecule has 1 fully saturated rings. The summed E-state index contributed by atoms with van der Waals surface area (Å²) in [6.07, 6.45) is 3.23. The zero-order chi connectivity index (χ0) is 11.3. The summed E-state index contributed by atoms with van der Waals surface area (Å²) in [5.74, 6) is 1.14. The molecule has 1 aliphatic carbocycles. The highest BCUT2D eigenvalue weighted by molar-refractivity contribution is 5.39. The van der Waals surface area contributed by atoms with E-state index >= 15 is 0 Å². The number of halogens is 1. The number of fused-ring (bicyclic) bond motifs is 1. The lowest BCUT2D eigenvalue weighted by molar-refractivity contribution is 0.0322. The van der Waals surface area contributed by atoms with E-state index in [1.807, 2.05) is 0 Å². The van der Waals surface area contributed by atoms with E-state index in [0.29, 0.717) is 5.92 Å². The Hall–Kier alpha value is -1.09. The maximum Gasteiger partial charge on any atom is 0.125 e. The van der Waals surface area contributed by atoms with Gasteiger partial charge in [0.15, 0.2) is 0 Å². The summed E-state index contributed by atoms with van der Waals surface area (Å²) in [4.78, 5) is 0. The lowest BCUT2D eigenvalue weighted by Crippen LogP contribution is -2.42. The fourth-order valence-corrected chi connectivity index (χ4v) is 2.69. The SMILES string of the molecule is CC1(C2CC2)C[C@H](N)c2cc(F)ccc2O1. The summed E-state index contributed by atoms with van der Waals surface area (Å²) in [5.41, 5.74) is 6.76. The molecule has 0 aromatic heterocycles. The predicted octanol–water partition coefficient (Wildman–Crippen LogP) is 2.78. The molecule has 3 rings (SSSR count). The number of nitrogens with two attached hydrogens (primary N) is 1. The van der Waals surface area contributed by atoms with Gasteiger partial charge in [0.25, 0.3) is 0 Å². The molecular weight excluding hydrogens is 205 g/mol. The van der Waals surface area contributed by atoms with Crippen molar-refractivity contribution in [2.24, 2.45) is 11.7 Å². The molecule has 1 heterocycles. The van der Waals surface area contributed by atoms with Gasteiger partial charge in [-0.15, -0.1) is 0 Å². The third-order valence-corrected chi connectivity index (χ3v) is 3.78. The molecule has 1 aromatic carbocycles. The molecule has 1 saturated carbocycles. The molecule has 2 nitrogen and oxygen atoms in total. The summed E-state index contributed by atoms with van der Waals surface area (Å²) in [5, 5.41) is 0. The monoisotopic (exact) mass is 221 g/mol. The third-order valence-electron chi connectivity index (χ3n) is 3.78. The molecule has 0 amide bonds. The zero-order valence-corrected chi connectivity index (χ0v) is 9.37. The highest BCUT2D eigenvalue weighted by Crippen LogP contribution is 2.49. The smallest absolute Gasteiger partial charge is 0.125 e. The molecule has 16 heavy (non-hydrogen) atoms. The van der Waals surface area contributed by atoms with E-state index in [2.05, 4.69) is 6.92 Å². The van der Waals surface area contributed by atoms with E-state index in [9.17, 15) is 4.39 Å². The molecule has 1 unspecified atom stereocenters. The summed E-state index contributed by atoms with van der Waals surface area (Å²) in [6, 6.07) is 4.52. The van der Waals surface area contributed by atoms with E-state index in [0.717, 1.165) is 17.7 Å². The fraction of sp³-hybridized carbons (Fsp3) is 0.538. The van der Waals surface area contributed by atoms with Crippen molar-refractivity contribution in [3.05, 3.63) is 29.6 Å². The van der Waals surface area contributed by atoms with E-state index in [1.54, 1.807) is 6.07 Å². The number of benzene rings is 1. The Morgan fingerprint density at radius 2 is 2.19 bits per heavy atom. The van der Waals surface area contributed by atoms with Gasteiger partial charge in [-0.25, -0.2) is 4.39 Å². The van der Waals surface area contributed by atoms with Gasteiger partial charge in [-0.3, -0.25) is 0 Å². The molecule has 86 valence electrons. The average molecular weight is 221 g/mol. The van der Waals surface area contributed by atoms with E-state index in [1.165, 1.54) is 25.0 Å². The van der Waals surface area contributed by atoms with Crippen LogP contribution in [0.5, 0.6) is 5.75 Å². The van der Waals surface area contributed by atoms with Crippen molar-refractivity contribution in [2.75, 3.05) is 0 Å². The second-order valence-corrected chi connectivity index (χ2v) is 5.18. The van der Waals surface area contributed by atoms with Crippen molar-refractivity contribution < 1.29 is 9.13 Å². The van der Waals surface area contributed by atoms with E-state index in [-0.39, 0.29) is 17.5 Å². The van der Waals surface area contributed by atoms with Crippen LogP contribution in [0.15, 0.2) is 18.2 Å². The van der Waals surface area contributed by atoms with Gasteiger partial charge in [-0.2, -0.15) is 0 Å². The molecule has 2 N–H and O–H groups in total. The quantitative estimate of drug-likeness (QED) is 0.791. The van der Waals surface area contributed by atoms with Crippen molar-refractivity contribution in [1.29, 1.82) is 0 Å². The largest absolute Gasteiger partial charge is 0.487 e. The van der Waals surface area contributed by atoms with Crippen LogP contribution in [0.3, 0.4) is 0 Å². The molecule has 1 aliphatic heterocycles. The Balaban J connectivity index is 1.99. The Morgan fingerprint density at radius 1 is 1.44 bits per heavy atom. The summed E-state index contributed by atoms with van der Waals surface area (Å²) < 4.78 is 19.1. The minimum absolute atomic E-state index is 0.106. The van der Waals surface area contributed by atoms with Gasteiger partial charge in [0.2, 0.25) is 0 Å². The molecule has 2 atom stereocenters. The third kappa shape index (κ3) is 1.50. The van der Waals surface area contributed by atoms with Gasteiger partial charge in [-0.05, 0) is 43.9 Å². The maximum atomic E-state index is 13.1. The van der Waals surface area contributed by atoms with Crippen LogP contribution in [0.25, 0.3) is 0 Å². The van der Waals surface area contributed by atoms with Gasteiger partial charge in [-0.1, -0.05) is 0 Å². The molecule has 1 aromatic rings. The van der Waals surface area contributed by atoms with Crippen molar-refractivity contribution in [3.63, 3.8) is 0 Å². The van der Waals surface area contributed by atoms with Crippen molar-refractivity contribution in [2.45, 2.75) is 37.8 Å². The lowest BCUT2D eigenvalue weighted by atomic mass is 9.85. The van der Waals surface area contributed by atoms with Crippen molar-refractivity contribution in [1.82, 2.24) is 0 Å². The van der Waals surface area contributed by atoms with Crippen LogP contribution in [0.1, 0.15) is 37.8 Å². The molecule has 0 saturated heterocycles. The van der Waals surface area contributed by atoms with Gasteiger partial charge >= 0.3 is 0 Å². The normalized spacial score (nSPS) is 33.1. The minimum atomic E-state index is -0.243. The lowest BCUT2D eigenvalue weighted by Gasteiger charge is -2.39. The number of hydrogen-bond acceptors (Lipinski definition) is 2. The Bertz CT molecular complexity index is 430. The highest BCUT2D eigenvalue weighted by Gasteiger charge is 2.47. The van der Waals surface area contributed by atoms with Crippen LogP contribution in [-0.4, -0.2) is 5.60 Å². The van der Waals surface area contributed by atoms with Crippen LogP contribution in [0.4, 0.5) is 4.39 Å². The van der Waals surface area contributed by atoms with Gasteiger partial charge in [0.1, 0.15) is 17.2 Å². The summed E-state index contributed by atoms with van der Waals surface area (Å²) >= 11 is 0. The van der Waals surface area contributed by atoms with E-state index < -0.39 is 0 Å². The highest BCUT2D eigenvalue weighted by atomic mass is 19.1. The van der Waals surface area contributed by atoms with Crippen LogP contribution < -0.4 is 10.5 Å². The first kappa shape index (κ1) is 10.1. The second-order valence-electron chi connectivity index (χ2n) is 5.18. The Morgan fingerprint density at radius 3 is 2.88 bits per heavy atom. The Labute approximate surface area is 94.6 Å². The van der Waals surface area contributed by atoms with Crippen molar-refractivity contribution >= 4 is 0 Å². The average Bonchev–Trinajstić information content (AvgIpc) is 3.03. The number of hydrogen-bond donors (Lipinski definition) is 1. The molecule has 0 spiro atoms. The number of ether oxygens (including phenoxy) is 1.